The van der Waals surface area contributed by atoms with Gasteiger partial charge in [-0.15, -0.1) is 15.1 Å². The Hall–Kier alpha value is -3.56. The number of rotatable bonds is 9. The van der Waals surface area contributed by atoms with Gasteiger partial charge in [-0.3, -0.25) is 0 Å². The zero-order chi connectivity index (χ0) is 25.6. The fourth-order valence-electron chi connectivity index (χ4n) is 5.40. The van der Waals surface area contributed by atoms with Crippen molar-refractivity contribution in [1.82, 2.24) is 0 Å². The standard InChI is InChI=1S/C36H32P2/c1-5-15-29(16-6-1)33-23-24-34(30-17-7-2-8-18-30)37(33)27-13-14-28-38-35(31-19-9-3-10-20-31)25-26-36(38)32-21-11-4-12-22-32/h1-12,15-26H,13-14,27-28H2. The SMILES string of the molecule is c1ccc(-c2ccc(-c3ccccc3)p2CCCCp2c(-c3ccccc3)ccc2-c2ccccc2)cc1. The van der Waals surface area contributed by atoms with Gasteiger partial charge >= 0.3 is 0 Å². The Morgan fingerprint density at radius 3 is 0.763 bits per heavy atom. The van der Waals surface area contributed by atoms with Crippen molar-refractivity contribution in [2.24, 2.45) is 0 Å². The molecule has 0 N–H and O–H groups in total. The maximum atomic E-state index is 2.39. The third kappa shape index (κ3) is 5.35. The van der Waals surface area contributed by atoms with Crippen LogP contribution in [0.4, 0.5) is 0 Å². The molecule has 0 saturated heterocycles. The molecule has 0 fully saturated rings. The van der Waals surface area contributed by atoms with Crippen molar-refractivity contribution in [3.63, 3.8) is 0 Å². The van der Waals surface area contributed by atoms with Crippen LogP contribution >= 0.6 is 15.1 Å². The molecule has 0 aliphatic heterocycles. The van der Waals surface area contributed by atoms with E-state index in [0.717, 1.165) is 0 Å². The van der Waals surface area contributed by atoms with Gasteiger partial charge in [0, 0.05) is 21.2 Å². The molecule has 0 nitrogen and oxygen atoms in total. The molecule has 2 heterocycles. The van der Waals surface area contributed by atoms with Gasteiger partial charge < -0.3 is 0 Å². The molecule has 0 saturated carbocycles. The molecule has 4 aromatic carbocycles. The van der Waals surface area contributed by atoms with Crippen molar-refractivity contribution < 1.29 is 0 Å². The Kier molecular flexibility index (Phi) is 7.74. The van der Waals surface area contributed by atoms with Crippen LogP contribution < -0.4 is 0 Å². The summed E-state index contributed by atoms with van der Waals surface area (Å²) in [6, 6.07) is 53.6. The normalized spacial score (nSPS) is 11.1. The topological polar surface area (TPSA) is 0 Å². The van der Waals surface area contributed by atoms with Crippen LogP contribution in [0.5, 0.6) is 0 Å². The summed E-state index contributed by atoms with van der Waals surface area (Å²) in [5.41, 5.74) is 5.52. The Morgan fingerprint density at radius 1 is 0.289 bits per heavy atom. The van der Waals surface area contributed by atoms with Crippen LogP contribution in [-0.4, -0.2) is 0 Å². The van der Waals surface area contributed by atoms with Crippen molar-refractivity contribution in [2.75, 3.05) is 0 Å². The lowest BCUT2D eigenvalue weighted by Gasteiger charge is -2.13. The molecule has 6 rings (SSSR count). The van der Waals surface area contributed by atoms with Gasteiger partial charge in [-0.1, -0.05) is 121 Å². The van der Waals surface area contributed by atoms with E-state index in [-0.39, 0.29) is 15.1 Å². The van der Waals surface area contributed by atoms with E-state index in [1.807, 2.05) is 0 Å². The summed E-state index contributed by atoms with van der Waals surface area (Å²) in [7, 11) is -0.716. The van der Waals surface area contributed by atoms with Gasteiger partial charge in [-0.2, -0.15) is 0 Å². The first-order chi connectivity index (χ1) is 18.9. The lowest BCUT2D eigenvalue weighted by atomic mass is 10.2. The molecule has 0 radical (unpaired) electrons. The van der Waals surface area contributed by atoms with E-state index in [1.54, 1.807) is 0 Å². The second kappa shape index (κ2) is 11.9. The van der Waals surface area contributed by atoms with E-state index in [9.17, 15) is 0 Å². The summed E-state index contributed by atoms with van der Waals surface area (Å²) < 4.78 is 0. The van der Waals surface area contributed by atoms with Crippen molar-refractivity contribution in [2.45, 2.75) is 25.2 Å². The van der Waals surface area contributed by atoms with Gasteiger partial charge in [-0.25, -0.2) is 0 Å². The molecule has 6 aromatic rings. The lowest BCUT2D eigenvalue weighted by molar-refractivity contribution is 0.828. The van der Waals surface area contributed by atoms with Crippen LogP contribution in [0, 0.1) is 0 Å². The van der Waals surface area contributed by atoms with E-state index >= 15 is 0 Å². The van der Waals surface area contributed by atoms with Crippen LogP contribution in [-0.2, 0) is 12.3 Å². The Morgan fingerprint density at radius 2 is 0.526 bits per heavy atom. The maximum absolute atomic E-state index is 2.39. The average Bonchev–Trinajstić information content (AvgIpc) is 3.62. The summed E-state index contributed by atoms with van der Waals surface area (Å²) in [5.74, 6) is 0. The van der Waals surface area contributed by atoms with E-state index in [2.05, 4.69) is 146 Å². The number of unbranched alkanes of at least 4 members (excludes halogenated alkanes) is 1. The predicted octanol–water partition coefficient (Wildman–Crippen LogP) is 11.8. The summed E-state index contributed by atoms with van der Waals surface area (Å²) in [6.45, 7) is 0. The lowest BCUT2D eigenvalue weighted by Crippen LogP contribution is -1.82. The van der Waals surface area contributed by atoms with Gasteiger partial charge in [-0.05, 0) is 71.7 Å². The Bertz CT molecular complexity index is 1340. The molecular formula is C36H32P2. The average molecular weight is 527 g/mol. The summed E-state index contributed by atoms with van der Waals surface area (Å²) in [6.07, 6.45) is 5.00. The van der Waals surface area contributed by atoms with Gasteiger partial charge in [0.15, 0.2) is 0 Å². The molecule has 38 heavy (non-hydrogen) atoms. The first-order valence-electron chi connectivity index (χ1n) is 13.5. The first kappa shape index (κ1) is 24.8. The van der Waals surface area contributed by atoms with E-state index in [0.29, 0.717) is 0 Å². The minimum Gasteiger partial charge on any atom is -0.109 e. The molecule has 0 amide bonds. The van der Waals surface area contributed by atoms with Gasteiger partial charge in [0.25, 0.3) is 0 Å². The van der Waals surface area contributed by atoms with Crippen molar-refractivity contribution in [3.05, 3.63) is 146 Å². The molecule has 0 unspecified atom stereocenters. The first-order valence-corrected chi connectivity index (χ1v) is 16.5. The molecule has 0 atom stereocenters. The highest BCUT2D eigenvalue weighted by Gasteiger charge is 2.15. The van der Waals surface area contributed by atoms with Gasteiger partial charge in [0.2, 0.25) is 0 Å². The quantitative estimate of drug-likeness (QED) is 0.164. The number of benzene rings is 4. The Balaban J connectivity index is 1.27. The largest absolute Gasteiger partial charge is 0.109 e. The van der Waals surface area contributed by atoms with E-state index < -0.39 is 0 Å². The Labute approximate surface area is 228 Å². The zero-order valence-electron chi connectivity index (χ0n) is 21.6. The molecular weight excluding hydrogens is 494 g/mol. The fourth-order valence-corrected chi connectivity index (χ4v) is 10.8. The fraction of sp³-hybridized carbons (Fsp3) is 0.111. The third-order valence-corrected chi connectivity index (χ3v) is 12.7. The van der Waals surface area contributed by atoms with Crippen LogP contribution in [0.25, 0.3) is 43.4 Å². The minimum absolute atomic E-state index is 0.358. The van der Waals surface area contributed by atoms with Crippen molar-refractivity contribution >= 4 is 15.1 Å². The van der Waals surface area contributed by atoms with Crippen LogP contribution in [0.2, 0.25) is 0 Å². The van der Waals surface area contributed by atoms with Gasteiger partial charge in [0.05, 0.1) is 0 Å². The minimum atomic E-state index is -0.358. The summed E-state index contributed by atoms with van der Waals surface area (Å²) >= 11 is 0. The zero-order valence-corrected chi connectivity index (χ0v) is 23.4. The molecule has 0 bridgehead atoms. The molecule has 2 aromatic heterocycles. The highest BCUT2D eigenvalue weighted by molar-refractivity contribution is 7.56. The third-order valence-electron chi connectivity index (χ3n) is 7.25. The van der Waals surface area contributed by atoms with E-state index in [1.165, 1.54) is 68.6 Å². The molecule has 0 aliphatic rings. The molecule has 186 valence electrons. The maximum Gasteiger partial charge on any atom is 0.00178 e. The molecule has 0 spiro atoms. The number of hydrogen-bond donors (Lipinski definition) is 0. The van der Waals surface area contributed by atoms with Crippen LogP contribution in [0.3, 0.4) is 0 Å². The van der Waals surface area contributed by atoms with Gasteiger partial charge in [0.1, 0.15) is 0 Å². The van der Waals surface area contributed by atoms with Crippen molar-refractivity contribution in [1.29, 1.82) is 0 Å². The van der Waals surface area contributed by atoms with Crippen molar-refractivity contribution in [3.8, 4) is 43.4 Å². The second-order valence-corrected chi connectivity index (χ2v) is 14.2. The highest BCUT2D eigenvalue weighted by Crippen LogP contribution is 2.54. The molecule has 2 heteroatoms. The summed E-state index contributed by atoms with van der Waals surface area (Å²) in [5, 5.41) is 6.11. The monoisotopic (exact) mass is 526 g/mol. The highest BCUT2D eigenvalue weighted by atomic mass is 31.1. The second-order valence-electron chi connectivity index (χ2n) is 9.68. The number of hydrogen-bond acceptors (Lipinski definition) is 0. The van der Waals surface area contributed by atoms with E-state index in [4.69, 9.17) is 0 Å². The smallest absolute Gasteiger partial charge is 0.00178 e. The predicted molar refractivity (Wildman–Crippen MR) is 169 cm³/mol. The van der Waals surface area contributed by atoms with Crippen LogP contribution in [0.1, 0.15) is 12.8 Å². The molecule has 0 aliphatic carbocycles. The summed E-state index contributed by atoms with van der Waals surface area (Å²) in [4.78, 5) is 0. The van der Waals surface area contributed by atoms with Crippen LogP contribution in [0.15, 0.2) is 146 Å².